The number of hydrogen-bond acceptors (Lipinski definition) is 4. The van der Waals surface area contributed by atoms with Crippen molar-refractivity contribution in [3.8, 4) is 5.69 Å². The van der Waals surface area contributed by atoms with Crippen LogP contribution < -0.4 is 0 Å². The monoisotopic (exact) mass is 174 g/mol. The van der Waals surface area contributed by atoms with Gasteiger partial charge in [-0.05, 0) is 12.1 Å². The largest absolute Gasteiger partial charge is 0.296 e. The number of carbonyl (C=O) groups is 1. The molecule has 0 saturated heterocycles. The molecule has 0 saturated carbocycles. The van der Waals surface area contributed by atoms with Crippen LogP contribution in [0.3, 0.4) is 0 Å². The maximum absolute atomic E-state index is 10.3. The molecule has 5 nitrogen and oxygen atoms in total. The van der Waals surface area contributed by atoms with E-state index < -0.39 is 0 Å². The second-order valence-electron chi connectivity index (χ2n) is 2.41. The van der Waals surface area contributed by atoms with Crippen molar-refractivity contribution in [2.75, 3.05) is 0 Å². The molecule has 0 aliphatic rings. The fourth-order valence-electron chi connectivity index (χ4n) is 0.954. The first-order valence-electron chi connectivity index (χ1n) is 3.68. The Balaban J connectivity index is 2.41. The first-order valence-corrected chi connectivity index (χ1v) is 3.68. The molecule has 0 spiro atoms. The molecule has 0 aliphatic carbocycles. The molecule has 0 unspecified atom stereocenters. The Morgan fingerprint density at radius 2 is 2.08 bits per heavy atom. The molecule has 2 aromatic rings. The molecule has 0 fully saturated rings. The van der Waals surface area contributed by atoms with E-state index in [1.54, 1.807) is 30.7 Å². The van der Waals surface area contributed by atoms with Gasteiger partial charge in [0, 0.05) is 12.4 Å². The van der Waals surface area contributed by atoms with Gasteiger partial charge in [-0.3, -0.25) is 9.78 Å². The number of rotatable bonds is 2. The standard InChI is InChI=1S/C8H6N4O/c13-6-7-5-12(11-10-7)8-1-3-9-4-2-8/h1-6H. The van der Waals surface area contributed by atoms with E-state index in [4.69, 9.17) is 0 Å². The number of carbonyl (C=O) groups excluding carboxylic acids is 1. The Bertz CT molecular complexity index is 409. The maximum Gasteiger partial charge on any atom is 0.171 e. The van der Waals surface area contributed by atoms with Gasteiger partial charge in [0.25, 0.3) is 0 Å². The molecule has 13 heavy (non-hydrogen) atoms. The molecule has 0 aromatic carbocycles. The Hall–Kier alpha value is -2.04. The first kappa shape index (κ1) is 7.60. The summed E-state index contributed by atoms with van der Waals surface area (Å²) in [6.07, 6.45) is 5.52. The van der Waals surface area contributed by atoms with Gasteiger partial charge in [-0.15, -0.1) is 5.10 Å². The molecule has 64 valence electrons. The lowest BCUT2D eigenvalue weighted by molar-refractivity contribution is 0.111. The van der Waals surface area contributed by atoms with Crippen LogP contribution in [0.25, 0.3) is 5.69 Å². The summed E-state index contributed by atoms with van der Waals surface area (Å²) < 4.78 is 1.52. The quantitative estimate of drug-likeness (QED) is 0.621. The van der Waals surface area contributed by atoms with Crippen molar-refractivity contribution in [3.63, 3.8) is 0 Å². The van der Waals surface area contributed by atoms with Gasteiger partial charge in [-0.25, -0.2) is 4.68 Å². The second kappa shape index (κ2) is 3.14. The normalized spacial score (nSPS) is 9.85. The van der Waals surface area contributed by atoms with Crippen LogP contribution in [0, 0.1) is 0 Å². The zero-order valence-electron chi connectivity index (χ0n) is 6.66. The van der Waals surface area contributed by atoms with Crippen molar-refractivity contribution in [3.05, 3.63) is 36.4 Å². The van der Waals surface area contributed by atoms with E-state index in [1.807, 2.05) is 0 Å². The van der Waals surface area contributed by atoms with Gasteiger partial charge in [-0.2, -0.15) is 0 Å². The fourth-order valence-corrected chi connectivity index (χ4v) is 0.954. The molecule has 5 heteroatoms. The third kappa shape index (κ3) is 1.44. The van der Waals surface area contributed by atoms with Crippen molar-refractivity contribution < 1.29 is 4.79 Å². The SMILES string of the molecule is O=Cc1cn(-c2ccncc2)nn1. The summed E-state index contributed by atoms with van der Waals surface area (Å²) in [5.74, 6) is 0. The minimum absolute atomic E-state index is 0.316. The zero-order chi connectivity index (χ0) is 9.10. The Labute approximate surface area is 74.0 Å². The average molecular weight is 174 g/mol. The summed E-state index contributed by atoms with van der Waals surface area (Å²) in [5, 5.41) is 7.40. The van der Waals surface area contributed by atoms with E-state index in [2.05, 4.69) is 15.3 Å². The highest BCUT2D eigenvalue weighted by Gasteiger charge is 1.99. The van der Waals surface area contributed by atoms with E-state index in [1.165, 1.54) is 4.68 Å². The summed E-state index contributed by atoms with van der Waals surface area (Å²) >= 11 is 0. The fraction of sp³-hybridized carbons (Fsp3) is 0. The third-order valence-corrected chi connectivity index (χ3v) is 1.56. The summed E-state index contributed by atoms with van der Waals surface area (Å²) in [5.41, 5.74) is 1.15. The van der Waals surface area contributed by atoms with Gasteiger partial charge in [0.05, 0.1) is 11.9 Å². The van der Waals surface area contributed by atoms with E-state index >= 15 is 0 Å². The van der Waals surface area contributed by atoms with Crippen LogP contribution in [-0.2, 0) is 0 Å². The van der Waals surface area contributed by atoms with Crippen molar-refractivity contribution in [2.24, 2.45) is 0 Å². The molecule has 0 N–H and O–H groups in total. The van der Waals surface area contributed by atoms with Gasteiger partial charge >= 0.3 is 0 Å². The van der Waals surface area contributed by atoms with Gasteiger partial charge in [-0.1, -0.05) is 5.21 Å². The molecule has 2 heterocycles. The van der Waals surface area contributed by atoms with Gasteiger partial charge < -0.3 is 0 Å². The number of pyridine rings is 1. The Morgan fingerprint density at radius 1 is 1.31 bits per heavy atom. The van der Waals surface area contributed by atoms with Crippen LogP contribution in [0.1, 0.15) is 10.5 Å². The van der Waals surface area contributed by atoms with E-state index in [0.29, 0.717) is 12.0 Å². The predicted octanol–water partition coefficient (Wildman–Crippen LogP) is 0.475. The minimum atomic E-state index is 0.316. The molecule has 2 rings (SSSR count). The van der Waals surface area contributed by atoms with E-state index in [-0.39, 0.29) is 0 Å². The smallest absolute Gasteiger partial charge is 0.171 e. The average Bonchev–Trinajstić information content (AvgIpc) is 2.67. The van der Waals surface area contributed by atoms with Crippen molar-refractivity contribution in [1.82, 2.24) is 20.0 Å². The van der Waals surface area contributed by atoms with Gasteiger partial charge in [0.2, 0.25) is 0 Å². The molecule has 0 amide bonds. The highest BCUT2D eigenvalue weighted by molar-refractivity contribution is 5.70. The Morgan fingerprint density at radius 3 is 2.69 bits per heavy atom. The maximum atomic E-state index is 10.3. The van der Waals surface area contributed by atoms with Crippen molar-refractivity contribution in [1.29, 1.82) is 0 Å². The lowest BCUT2D eigenvalue weighted by Gasteiger charge is -1.95. The number of aromatic nitrogens is 4. The summed E-state index contributed by atoms with van der Waals surface area (Å²) in [6.45, 7) is 0. The lowest BCUT2D eigenvalue weighted by atomic mass is 10.4. The highest BCUT2D eigenvalue weighted by Crippen LogP contribution is 2.02. The topological polar surface area (TPSA) is 60.7 Å². The highest BCUT2D eigenvalue weighted by atomic mass is 16.1. The van der Waals surface area contributed by atoms with Crippen molar-refractivity contribution >= 4 is 6.29 Å². The molecule has 0 atom stereocenters. The van der Waals surface area contributed by atoms with Crippen LogP contribution >= 0.6 is 0 Å². The van der Waals surface area contributed by atoms with Crippen molar-refractivity contribution in [2.45, 2.75) is 0 Å². The number of hydrogen-bond donors (Lipinski definition) is 0. The van der Waals surface area contributed by atoms with E-state index in [0.717, 1.165) is 5.69 Å². The molecule has 2 aromatic heterocycles. The van der Waals surface area contributed by atoms with Crippen LogP contribution in [0.15, 0.2) is 30.7 Å². The van der Waals surface area contributed by atoms with Crippen LogP contribution in [0.2, 0.25) is 0 Å². The lowest BCUT2D eigenvalue weighted by Crippen LogP contribution is -1.94. The Kier molecular flexibility index (Phi) is 1.84. The van der Waals surface area contributed by atoms with Crippen LogP contribution in [-0.4, -0.2) is 26.3 Å². The van der Waals surface area contributed by atoms with E-state index in [9.17, 15) is 4.79 Å². The van der Waals surface area contributed by atoms with Crippen LogP contribution in [0.4, 0.5) is 0 Å². The van der Waals surface area contributed by atoms with Crippen LogP contribution in [0.5, 0.6) is 0 Å². The molecule has 0 aliphatic heterocycles. The first-order chi connectivity index (χ1) is 6.40. The number of nitrogens with zero attached hydrogens (tertiary/aromatic N) is 4. The van der Waals surface area contributed by atoms with Gasteiger partial charge in [0.15, 0.2) is 6.29 Å². The minimum Gasteiger partial charge on any atom is -0.296 e. The molecular weight excluding hydrogens is 168 g/mol. The predicted molar refractivity (Wildman–Crippen MR) is 44.5 cm³/mol. The molecule has 0 bridgehead atoms. The molecular formula is C8H6N4O. The summed E-state index contributed by atoms with van der Waals surface area (Å²) in [6, 6.07) is 3.56. The third-order valence-electron chi connectivity index (χ3n) is 1.56. The summed E-state index contributed by atoms with van der Waals surface area (Å²) in [7, 11) is 0. The van der Waals surface area contributed by atoms with Gasteiger partial charge in [0.1, 0.15) is 5.69 Å². The summed E-state index contributed by atoms with van der Waals surface area (Å²) in [4.78, 5) is 14.2. The number of aldehydes is 1. The second-order valence-corrected chi connectivity index (χ2v) is 2.41. The zero-order valence-corrected chi connectivity index (χ0v) is 6.66. The molecule has 0 radical (unpaired) electrons.